The number of carboxylic acids is 1. The Morgan fingerprint density at radius 1 is 1.69 bits per heavy atom. The molecule has 1 aliphatic rings. The summed E-state index contributed by atoms with van der Waals surface area (Å²) in [6.07, 6.45) is 2.62. The molecule has 0 aromatic carbocycles. The van der Waals surface area contributed by atoms with Crippen LogP contribution in [0.25, 0.3) is 0 Å². The Labute approximate surface area is 78.3 Å². The van der Waals surface area contributed by atoms with Crippen LogP contribution in [-0.4, -0.2) is 35.9 Å². The molecule has 76 valence electrons. The monoisotopic (exact) mass is 187 g/mol. The number of rotatable bonds is 4. The molecule has 1 rings (SSSR count). The second-order valence-electron chi connectivity index (χ2n) is 3.61. The first-order chi connectivity index (χ1) is 6.09. The lowest BCUT2D eigenvalue weighted by Gasteiger charge is -2.14. The van der Waals surface area contributed by atoms with Crippen LogP contribution in [0.15, 0.2) is 0 Å². The molecule has 13 heavy (non-hydrogen) atoms. The minimum absolute atomic E-state index is 0.191. The summed E-state index contributed by atoms with van der Waals surface area (Å²) >= 11 is 0. The molecule has 0 spiro atoms. The normalized spacial score (nSPS) is 30.3. The lowest BCUT2D eigenvalue weighted by Crippen LogP contribution is -2.38. The van der Waals surface area contributed by atoms with Gasteiger partial charge in [-0.2, -0.15) is 0 Å². The zero-order valence-corrected chi connectivity index (χ0v) is 8.12. The topological polar surface area (TPSA) is 58.6 Å². The molecule has 1 heterocycles. The molecule has 2 N–H and O–H groups in total. The number of carboxylic acid groups (broad SMARTS) is 1. The molecule has 0 aliphatic carbocycles. The molecule has 3 atom stereocenters. The molecule has 1 aliphatic heterocycles. The van der Waals surface area contributed by atoms with Crippen molar-refractivity contribution in [2.75, 3.05) is 6.54 Å². The molecule has 0 saturated carbocycles. The second kappa shape index (κ2) is 4.58. The smallest absolute Gasteiger partial charge is 0.320 e. The third-order valence-corrected chi connectivity index (χ3v) is 2.34. The molecule has 0 aromatic rings. The average molecular weight is 187 g/mol. The van der Waals surface area contributed by atoms with Crippen LogP contribution in [0.3, 0.4) is 0 Å². The lowest BCUT2D eigenvalue weighted by molar-refractivity contribution is -0.139. The largest absolute Gasteiger partial charge is 0.480 e. The van der Waals surface area contributed by atoms with E-state index in [9.17, 15) is 4.79 Å². The van der Waals surface area contributed by atoms with Crippen LogP contribution in [0.5, 0.6) is 0 Å². The fourth-order valence-electron chi connectivity index (χ4n) is 1.43. The fourth-order valence-corrected chi connectivity index (χ4v) is 1.43. The van der Waals surface area contributed by atoms with E-state index >= 15 is 0 Å². The molecule has 0 aromatic heterocycles. The SMILES string of the molecule is CC1CCC(CN[C@H](C)C(=O)O)O1. The van der Waals surface area contributed by atoms with Crippen molar-refractivity contribution >= 4 is 5.97 Å². The Bertz CT molecular complexity index is 184. The van der Waals surface area contributed by atoms with Gasteiger partial charge >= 0.3 is 5.97 Å². The molecular formula is C9H17NO3. The van der Waals surface area contributed by atoms with Gasteiger partial charge in [0.2, 0.25) is 0 Å². The van der Waals surface area contributed by atoms with Gasteiger partial charge in [0, 0.05) is 6.54 Å². The molecule has 1 fully saturated rings. The number of aliphatic carboxylic acids is 1. The molecular weight excluding hydrogens is 170 g/mol. The Hall–Kier alpha value is -0.610. The van der Waals surface area contributed by atoms with Gasteiger partial charge in [-0.3, -0.25) is 4.79 Å². The third-order valence-electron chi connectivity index (χ3n) is 2.34. The van der Waals surface area contributed by atoms with E-state index in [1.165, 1.54) is 0 Å². The van der Waals surface area contributed by atoms with Gasteiger partial charge in [0.1, 0.15) is 6.04 Å². The van der Waals surface area contributed by atoms with Crippen molar-refractivity contribution in [3.8, 4) is 0 Å². The van der Waals surface area contributed by atoms with E-state index in [0.717, 1.165) is 12.8 Å². The molecule has 2 unspecified atom stereocenters. The molecule has 4 nitrogen and oxygen atoms in total. The Kier molecular flexibility index (Phi) is 3.69. The van der Waals surface area contributed by atoms with Crippen molar-refractivity contribution in [1.82, 2.24) is 5.32 Å². The highest BCUT2D eigenvalue weighted by Gasteiger charge is 2.22. The maximum Gasteiger partial charge on any atom is 0.320 e. The lowest BCUT2D eigenvalue weighted by atomic mass is 10.2. The van der Waals surface area contributed by atoms with Crippen LogP contribution >= 0.6 is 0 Å². The highest BCUT2D eigenvalue weighted by Crippen LogP contribution is 2.18. The van der Waals surface area contributed by atoms with Crippen molar-refractivity contribution in [2.45, 2.75) is 44.9 Å². The maximum absolute atomic E-state index is 10.5. The molecule has 4 heteroatoms. The maximum atomic E-state index is 10.5. The summed E-state index contributed by atoms with van der Waals surface area (Å²) in [6, 6.07) is -0.487. The molecule has 0 bridgehead atoms. The highest BCUT2D eigenvalue weighted by atomic mass is 16.5. The number of nitrogens with one attached hydrogen (secondary N) is 1. The number of hydrogen-bond donors (Lipinski definition) is 2. The van der Waals surface area contributed by atoms with E-state index in [-0.39, 0.29) is 6.10 Å². The minimum Gasteiger partial charge on any atom is -0.480 e. The van der Waals surface area contributed by atoms with Crippen LogP contribution in [0.2, 0.25) is 0 Å². The first kappa shape index (κ1) is 10.5. The van der Waals surface area contributed by atoms with Gasteiger partial charge in [-0.15, -0.1) is 0 Å². The second-order valence-corrected chi connectivity index (χ2v) is 3.61. The Balaban J connectivity index is 2.16. The van der Waals surface area contributed by atoms with Crippen molar-refractivity contribution in [1.29, 1.82) is 0 Å². The van der Waals surface area contributed by atoms with E-state index < -0.39 is 12.0 Å². The zero-order valence-electron chi connectivity index (χ0n) is 8.12. The van der Waals surface area contributed by atoms with Gasteiger partial charge in [0.25, 0.3) is 0 Å². The van der Waals surface area contributed by atoms with Crippen LogP contribution in [-0.2, 0) is 9.53 Å². The van der Waals surface area contributed by atoms with E-state index in [0.29, 0.717) is 12.6 Å². The summed E-state index contributed by atoms with van der Waals surface area (Å²) in [6.45, 7) is 4.32. The van der Waals surface area contributed by atoms with Crippen molar-refractivity contribution in [3.63, 3.8) is 0 Å². The predicted molar refractivity (Wildman–Crippen MR) is 48.7 cm³/mol. The van der Waals surface area contributed by atoms with Crippen molar-refractivity contribution in [3.05, 3.63) is 0 Å². The average Bonchev–Trinajstić information content (AvgIpc) is 2.47. The van der Waals surface area contributed by atoms with Gasteiger partial charge in [-0.25, -0.2) is 0 Å². The van der Waals surface area contributed by atoms with Crippen LogP contribution in [0.4, 0.5) is 0 Å². The van der Waals surface area contributed by atoms with Gasteiger partial charge in [0.15, 0.2) is 0 Å². The first-order valence-electron chi connectivity index (χ1n) is 4.71. The predicted octanol–water partition coefficient (Wildman–Crippen LogP) is 0.617. The van der Waals surface area contributed by atoms with E-state index in [4.69, 9.17) is 9.84 Å². The van der Waals surface area contributed by atoms with E-state index in [1.807, 2.05) is 6.92 Å². The van der Waals surface area contributed by atoms with Gasteiger partial charge in [0.05, 0.1) is 12.2 Å². The Morgan fingerprint density at radius 3 is 2.85 bits per heavy atom. The van der Waals surface area contributed by atoms with Crippen molar-refractivity contribution in [2.24, 2.45) is 0 Å². The van der Waals surface area contributed by atoms with E-state index in [2.05, 4.69) is 5.32 Å². The molecule has 1 saturated heterocycles. The number of ether oxygens (including phenoxy) is 1. The number of carbonyl (C=O) groups is 1. The molecule has 0 radical (unpaired) electrons. The fraction of sp³-hybridized carbons (Fsp3) is 0.889. The first-order valence-corrected chi connectivity index (χ1v) is 4.71. The summed E-state index contributed by atoms with van der Waals surface area (Å²) < 4.78 is 5.54. The molecule has 0 amide bonds. The summed E-state index contributed by atoms with van der Waals surface area (Å²) in [7, 11) is 0. The summed E-state index contributed by atoms with van der Waals surface area (Å²) in [5.74, 6) is -0.814. The van der Waals surface area contributed by atoms with Crippen LogP contribution in [0, 0.1) is 0 Å². The summed E-state index contributed by atoms with van der Waals surface area (Å²) in [4.78, 5) is 10.5. The van der Waals surface area contributed by atoms with Crippen LogP contribution in [0.1, 0.15) is 26.7 Å². The van der Waals surface area contributed by atoms with Crippen molar-refractivity contribution < 1.29 is 14.6 Å². The van der Waals surface area contributed by atoms with Gasteiger partial charge in [-0.1, -0.05) is 0 Å². The van der Waals surface area contributed by atoms with Gasteiger partial charge < -0.3 is 15.2 Å². The summed E-state index contributed by atoms with van der Waals surface area (Å²) in [5, 5.41) is 11.5. The zero-order chi connectivity index (χ0) is 9.84. The quantitative estimate of drug-likeness (QED) is 0.677. The van der Waals surface area contributed by atoms with E-state index in [1.54, 1.807) is 6.92 Å². The minimum atomic E-state index is -0.814. The summed E-state index contributed by atoms with van der Waals surface area (Å²) in [5.41, 5.74) is 0. The van der Waals surface area contributed by atoms with Gasteiger partial charge in [-0.05, 0) is 26.7 Å². The highest BCUT2D eigenvalue weighted by molar-refractivity contribution is 5.72. The number of hydrogen-bond acceptors (Lipinski definition) is 3. The van der Waals surface area contributed by atoms with Crippen LogP contribution < -0.4 is 5.32 Å². The Morgan fingerprint density at radius 2 is 2.38 bits per heavy atom. The third kappa shape index (κ3) is 3.32. The standard InChI is InChI=1S/C9H17NO3/c1-6-3-4-8(13-6)5-10-7(2)9(11)12/h6-8,10H,3-5H2,1-2H3,(H,11,12)/t6?,7-,8?/m1/s1.